The molecule has 12 heteroatoms. The molecule has 2 aromatic rings. The number of H-pyrrole nitrogens is 1. The zero-order chi connectivity index (χ0) is 20.6. The van der Waals surface area contributed by atoms with E-state index in [1.165, 1.54) is 17.8 Å². The number of nitrogens with one attached hydrogen (secondary N) is 2. The molecule has 0 aliphatic carbocycles. The first-order valence-electron chi connectivity index (χ1n) is 8.62. The average Bonchev–Trinajstić information content (AvgIpc) is 3.16. The van der Waals surface area contributed by atoms with Gasteiger partial charge in [-0.25, -0.2) is 4.98 Å². The number of carbonyl (C=O) groups excluding carboxylic acids is 2. The van der Waals surface area contributed by atoms with Crippen LogP contribution in [0.5, 0.6) is 0 Å². The summed E-state index contributed by atoms with van der Waals surface area (Å²) < 4.78 is 12.0. The van der Waals surface area contributed by atoms with Crippen molar-refractivity contribution in [2.45, 2.75) is 45.3 Å². The van der Waals surface area contributed by atoms with E-state index in [4.69, 9.17) is 9.47 Å². The molecule has 3 heterocycles. The van der Waals surface area contributed by atoms with Gasteiger partial charge in [0.15, 0.2) is 23.5 Å². The Morgan fingerprint density at radius 1 is 1.46 bits per heavy atom. The minimum absolute atomic E-state index is 0.0327. The summed E-state index contributed by atoms with van der Waals surface area (Å²) in [5, 5.41) is 22.2. The molecular weight excluding hydrogens is 374 g/mol. The number of ether oxygens (including phenoxy) is 2. The number of carbonyl (C=O) groups is 2. The number of aliphatic hydroxyl groups is 2. The number of amides is 1. The lowest BCUT2D eigenvalue weighted by molar-refractivity contribution is -0.155. The normalized spacial score (nSPS) is 24.6. The summed E-state index contributed by atoms with van der Waals surface area (Å²) in [5.41, 5.74) is -0.575. The Kier molecular flexibility index (Phi) is 5.45. The predicted octanol–water partition coefficient (Wildman–Crippen LogP) is -1.10. The van der Waals surface area contributed by atoms with Crippen LogP contribution < -0.4 is 10.9 Å². The van der Waals surface area contributed by atoms with E-state index in [0.29, 0.717) is 0 Å². The van der Waals surface area contributed by atoms with E-state index in [2.05, 4.69) is 20.3 Å². The number of aromatic nitrogens is 4. The lowest BCUT2D eigenvalue weighted by atomic mass is 10.1. The van der Waals surface area contributed by atoms with E-state index < -0.39 is 42.7 Å². The Bertz CT molecular complexity index is 952. The van der Waals surface area contributed by atoms with Crippen molar-refractivity contribution in [1.29, 1.82) is 0 Å². The fourth-order valence-electron chi connectivity index (χ4n) is 2.84. The van der Waals surface area contributed by atoms with Crippen LogP contribution in [0.4, 0.5) is 5.95 Å². The van der Waals surface area contributed by atoms with Crippen molar-refractivity contribution in [3.8, 4) is 0 Å². The zero-order valence-electron chi connectivity index (χ0n) is 15.4. The van der Waals surface area contributed by atoms with E-state index in [9.17, 15) is 24.6 Å². The molecule has 28 heavy (non-hydrogen) atoms. The summed E-state index contributed by atoms with van der Waals surface area (Å²) in [6, 6.07) is 0. The molecule has 0 unspecified atom stereocenters. The molecule has 0 aromatic carbocycles. The smallest absolute Gasteiger partial charge is 0.303 e. The number of rotatable bonds is 5. The number of nitrogens with zero attached hydrogens (tertiary/aromatic N) is 3. The van der Waals surface area contributed by atoms with Gasteiger partial charge in [-0.3, -0.25) is 29.3 Å². The maximum absolute atomic E-state index is 12.3. The lowest BCUT2D eigenvalue weighted by Gasteiger charge is -2.21. The van der Waals surface area contributed by atoms with Gasteiger partial charge in [-0.1, -0.05) is 13.8 Å². The summed E-state index contributed by atoms with van der Waals surface area (Å²) >= 11 is 0. The van der Waals surface area contributed by atoms with Crippen LogP contribution in [-0.4, -0.2) is 66.5 Å². The van der Waals surface area contributed by atoms with Crippen molar-refractivity contribution >= 4 is 29.0 Å². The topological polar surface area (TPSA) is 169 Å². The molecule has 1 aliphatic heterocycles. The fraction of sp³-hybridized carbons (Fsp3) is 0.562. The highest BCUT2D eigenvalue weighted by molar-refractivity contribution is 5.91. The number of fused-ring (bicyclic) bond motifs is 1. The minimum atomic E-state index is -1.29. The second-order valence-electron chi connectivity index (χ2n) is 6.69. The standard InChI is InChI=1S/C16H21N5O7/c1-6(2)13(25)19-16-18-12-9(14(26)20-16)17-5-21(12)15-11(27-7(3)23)10(24)8(4-22)28-15/h5-6,8,10-11,15,22,24H,4H2,1-3H3,(H2,18,19,20,25,26)/t8-,10-,11+,15+/m0/s1. The number of hydrogen-bond donors (Lipinski definition) is 4. The monoisotopic (exact) mass is 395 g/mol. The van der Waals surface area contributed by atoms with Crippen molar-refractivity contribution in [1.82, 2.24) is 19.5 Å². The van der Waals surface area contributed by atoms with Crippen LogP contribution in [0.2, 0.25) is 0 Å². The third kappa shape index (κ3) is 3.61. The molecule has 2 aromatic heterocycles. The van der Waals surface area contributed by atoms with Gasteiger partial charge in [-0.15, -0.1) is 0 Å². The van der Waals surface area contributed by atoms with Gasteiger partial charge in [-0.2, -0.15) is 4.98 Å². The number of imidazole rings is 1. The molecule has 0 saturated carbocycles. The lowest BCUT2D eigenvalue weighted by Crippen LogP contribution is -2.36. The average molecular weight is 395 g/mol. The van der Waals surface area contributed by atoms with Crippen LogP contribution in [0.3, 0.4) is 0 Å². The third-order valence-electron chi connectivity index (χ3n) is 4.27. The van der Waals surface area contributed by atoms with Gasteiger partial charge in [-0.05, 0) is 0 Å². The Labute approximate surface area is 158 Å². The Morgan fingerprint density at radius 3 is 2.79 bits per heavy atom. The molecule has 0 bridgehead atoms. The predicted molar refractivity (Wildman–Crippen MR) is 94.2 cm³/mol. The summed E-state index contributed by atoms with van der Waals surface area (Å²) in [6.07, 6.45) is -3.28. The molecule has 0 radical (unpaired) electrons. The Morgan fingerprint density at radius 2 is 2.18 bits per heavy atom. The summed E-state index contributed by atoms with van der Waals surface area (Å²) in [5.74, 6) is -1.42. The highest BCUT2D eigenvalue weighted by atomic mass is 16.6. The second-order valence-corrected chi connectivity index (χ2v) is 6.69. The number of aromatic amines is 1. The molecule has 4 N–H and O–H groups in total. The van der Waals surface area contributed by atoms with Crippen LogP contribution in [0.1, 0.15) is 27.0 Å². The first-order chi connectivity index (χ1) is 13.2. The van der Waals surface area contributed by atoms with Gasteiger partial charge in [0.1, 0.15) is 12.2 Å². The van der Waals surface area contributed by atoms with Crippen LogP contribution in [0.15, 0.2) is 11.1 Å². The number of hydrogen-bond acceptors (Lipinski definition) is 9. The van der Waals surface area contributed by atoms with Crippen molar-refractivity contribution in [3.05, 3.63) is 16.7 Å². The largest absolute Gasteiger partial charge is 0.455 e. The first-order valence-corrected chi connectivity index (χ1v) is 8.62. The van der Waals surface area contributed by atoms with Crippen LogP contribution in [0, 0.1) is 5.92 Å². The highest BCUT2D eigenvalue weighted by Gasteiger charge is 2.47. The van der Waals surface area contributed by atoms with Crippen molar-refractivity contribution in [3.63, 3.8) is 0 Å². The Balaban J connectivity index is 2.04. The van der Waals surface area contributed by atoms with Crippen molar-refractivity contribution in [2.24, 2.45) is 5.92 Å². The molecule has 0 spiro atoms. The maximum atomic E-state index is 12.3. The summed E-state index contributed by atoms with van der Waals surface area (Å²) in [7, 11) is 0. The quantitative estimate of drug-likeness (QED) is 0.459. The molecule has 152 valence electrons. The molecule has 3 rings (SSSR count). The van der Waals surface area contributed by atoms with Crippen LogP contribution in [0.25, 0.3) is 11.2 Å². The molecule has 1 amide bonds. The van der Waals surface area contributed by atoms with Crippen LogP contribution >= 0.6 is 0 Å². The summed E-state index contributed by atoms with van der Waals surface area (Å²) in [6.45, 7) is 4.03. The molecule has 12 nitrogen and oxygen atoms in total. The maximum Gasteiger partial charge on any atom is 0.303 e. The first kappa shape index (κ1) is 19.9. The van der Waals surface area contributed by atoms with Crippen LogP contribution in [-0.2, 0) is 19.1 Å². The van der Waals surface area contributed by atoms with Crippen molar-refractivity contribution in [2.75, 3.05) is 11.9 Å². The number of esters is 1. The van der Waals surface area contributed by atoms with Crippen molar-refractivity contribution < 1.29 is 29.3 Å². The van der Waals surface area contributed by atoms with Gasteiger partial charge in [0.25, 0.3) is 5.56 Å². The third-order valence-corrected chi connectivity index (χ3v) is 4.27. The van der Waals surface area contributed by atoms with E-state index in [0.717, 1.165) is 0 Å². The van der Waals surface area contributed by atoms with E-state index in [1.54, 1.807) is 13.8 Å². The summed E-state index contributed by atoms with van der Waals surface area (Å²) in [4.78, 5) is 46.2. The van der Waals surface area contributed by atoms with E-state index >= 15 is 0 Å². The van der Waals surface area contributed by atoms with Gasteiger partial charge < -0.3 is 19.7 Å². The molecular formula is C16H21N5O7. The molecule has 4 atom stereocenters. The van der Waals surface area contributed by atoms with Gasteiger partial charge in [0.05, 0.1) is 12.9 Å². The molecule has 1 saturated heterocycles. The molecule has 1 fully saturated rings. The number of anilines is 1. The zero-order valence-corrected chi connectivity index (χ0v) is 15.4. The van der Waals surface area contributed by atoms with E-state index in [-0.39, 0.29) is 28.9 Å². The SMILES string of the molecule is CC(=O)O[C@@H]1[C@@H](O)[C@H](CO)O[C@H]1n1cnc2c(=O)[nH]c(NC(=O)C(C)C)nc21. The van der Waals surface area contributed by atoms with Gasteiger partial charge in [0.2, 0.25) is 11.9 Å². The molecule has 1 aliphatic rings. The highest BCUT2D eigenvalue weighted by Crippen LogP contribution is 2.33. The fourth-order valence-corrected chi connectivity index (χ4v) is 2.84. The Hall–Kier alpha value is -2.83. The number of aliphatic hydroxyl groups excluding tert-OH is 2. The van der Waals surface area contributed by atoms with Gasteiger partial charge in [0, 0.05) is 12.8 Å². The van der Waals surface area contributed by atoms with Gasteiger partial charge >= 0.3 is 5.97 Å². The van der Waals surface area contributed by atoms with E-state index in [1.807, 2.05) is 0 Å². The second kappa shape index (κ2) is 7.66. The minimum Gasteiger partial charge on any atom is -0.455 e.